The Kier molecular flexibility index (Phi) is 6.27. The number of aromatic nitrogens is 4. The van der Waals surface area contributed by atoms with Gasteiger partial charge in [0.05, 0.1) is 51.6 Å². The van der Waals surface area contributed by atoms with Crippen LogP contribution in [0.1, 0.15) is 28.3 Å². The van der Waals surface area contributed by atoms with Gasteiger partial charge in [-0.3, -0.25) is 9.36 Å². The second-order valence-corrected chi connectivity index (χ2v) is 7.88. The minimum atomic E-state index is 0.537. The summed E-state index contributed by atoms with van der Waals surface area (Å²) in [6, 6.07) is 7.63. The van der Waals surface area contributed by atoms with Gasteiger partial charge in [-0.1, -0.05) is 29.3 Å². The van der Waals surface area contributed by atoms with Crippen LogP contribution >= 0.6 is 35.4 Å². The predicted octanol–water partition coefficient (Wildman–Crippen LogP) is 4.38. The number of hydrogen-bond donors (Lipinski definition) is 2. The first-order valence-corrected chi connectivity index (χ1v) is 9.93. The molecular weight excluding hydrogens is 415 g/mol. The van der Waals surface area contributed by atoms with Crippen molar-refractivity contribution in [1.29, 1.82) is 0 Å². The fourth-order valence-corrected chi connectivity index (χ4v) is 3.50. The molecule has 0 aliphatic rings. The summed E-state index contributed by atoms with van der Waals surface area (Å²) >= 11 is 17.6. The molecule has 0 fully saturated rings. The Balaban J connectivity index is 1.68. The number of nitrogens with zero attached hydrogens (tertiary/aromatic N) is 4. The number of anilines is 1. The van der Waals surface area contributed by atoms with E-state index in [0.717, 1.165) is 34.0 Å². The van der Waals surface area contributed by atoms with Gasteiger partial charge < -0.3 is 10.6 Å². The molecule has 2 heterocycles. The molecule has 1 aromatic carbocycles. The van der Waals surface area contributed by atoms with Crippen molar-refractivity contribution in [2.24, 2.45) is 7.05 Å². The van der Waals surface area contributed by atoms with E-state index in [2.05, 4.69) is 20.8 Å². The molecule has 0 aliphatic carbocycles. The monoisotopic (exact) mass is 436 g/mol. The smallest absolute Gasteiger partial charge is 0.171 e. The summed E-state index contributed by atoms with van der Waals surface area (Å²) in [7, 11) is 1.92. The molecule has 9 heteroatoms. The molecule has 0 amide bonds. The lowest BCUT2D eigenvalue weighted by Gasteiger charge is -2.11. The molecule has 0 spiro atoms. The van der Waals surface area contributed by atoms with Crippen molar-refractivity contribution in [3.8, 4) is 0 Å². The Morgan fingerprint density at radius 1 is 1.11 bits per heavy atom. The van der Waals surface area contributed by atoms with Gasteiger partial charge in [0, 0.05) is 7.05 Å². The Morgan fingerprint density at radius 2 is 1.86 bits per heavy atom. The Labute approximate surface area is 179 Å². The van der Waals surface area contributed by atoms with Gasteiger partial charge in [0.15, 0.2) is 5.11 Å². The maximum atomic E-state index is 6.12. The summed E-state index contributed by atoms with van der Waals surface area (Å²) in [5.41, 5.74) is 5.83. The quantitative estimate of drug-likeness (QED) is 0.580. The van der Waals surface area contributed by atoms with Crippen LogP contribution in [0.25, 0.3) is 0 Å². The third kappa shape index (κ3) is 4.66. The average Bonchev–Trinajstić information content (AvgIpc) is 3.09. The van der Waals surface area contributed by atoms with E-state index < -0.39 is 0 Å². The molecule has 3 rings (SSSR count). The number of thiocarbonyl (C=S) groups is 1. The Hall–Kier alpha value is -2.09. The molecule has 0 atom stereocenters. The van der Waals surface area contributed by atoms with Crippen molar-refractivity contribution in [3.05, 3.63) is 62.6 Å². The number of halogens is 2. The van der Waals surface area contributed by atoms with E-state index in [1.54, 1.807) is 6.07 Å². The highest BCUT2D eigenvalue weighted by Crippen LogP contribution is 2.25. The van der Waals surface area contributed by atoms with Crippen molar-refractivity contribution < 1.29 is 0 Å². The van der Waals surface area contributed by atoms with Crippen molar-refractivity contribution in [2.45, 2.75) is 33.9 Å². The molecular formula is C19H22Cl2N6S. The highest BCUT2D eigenvalue weighted by atomic mass is 35.5. The largest absolute Gasteiger partial charge is 0.357 e. The van der Waals surface area contributed by atoms with Crippen LogP contribution in [0, 0.1) is 20.8 Å². The lowest BCUT2D eigenvalue weighted by Crippen LogP contribution is -2.29. The highest BCUT2D eigenvalue weighted by Gasteiger charge is 2.14. The molecule has 0 bridgehead atoms. The molecule has 0 unspecified atom stereocenters. The molecule has 148 valence electrons. The summed E-state index contributed by atoms with van der Waals surface area (Å²) < 4.78 is 3.76. The van der Waals surface area contributed by atoms with Gasteiger partial charge >= 0.3 is 0 Å². The van der Waals surface area contributed by atoms with E-state index >= 15 is 0 Å². The zero-order valence-corrected chi connectivity index (χ0v) is 18.5. The number of rotatable bonds is 5. The van der Waals surface area contributed by atoms with Crippen LogP contribution < -0.4 is 10.6 Å². The first kappa shape index (κ1) is 20.6. The van der Waals surface area contributed by atoms with Crippen molar-refractivity contribution >= 4 is 46.2 Å². The van der Waals surface area contributed by atoms with E-state index in [0.29, 0.717) is 28.2 Å². The van der Waals surface area contributed by atoms with Crippen LogP contribution in [0.4, 0.5) is 5.69 Å². The van der Waals surface area contributed by atoms with E-state index in [-0.39, 0.29) is 0 Å². The van der Waals surface area contributed by atoms with E-state index in [9.17, 15) is 0 Å². The minimum Gasteiger partial charge on any atom is -0.357 e. The standard InChI is InChI=1S/C19H22Cl2N6S/c1-11-7-15(26(4)24-11)9-22-19(28)23-18-12(2)25-27(13(18)3)10-14-5-6-16(20)17(21)8-14/h5-8H,9-10H2,1-4H3,(H2,22,23,28). The summed E-state index contributed by atoms with van der Waals surface area (Å²) in [5, 5.41) is 17.1. The lowest BCUT2D eigenvalue weighted by molar-refractivity contribution is 0.659. The predicted molar refractivity (Wildman–Crippen MR) is 118 cm³/mol. The van der Waals surface area contributed by atoms with Gasteiger partial charge in [0.25, 0.3) is 0 Å². The van der Waals surface area contributed by atoms with Crippen LogP contribution in [0.2, 0.25) is 10.0 Å². The third-order valence-corrected chi connectivity index (χ3v) is 5.45. The molecule has 6 nitrogen and oxygen atoms in total. The Morgan fingerprint density at radius 3 is 2.50 bits per heavy atom. The maximum Gasteiger partial charge on any atom is 0.171 e. The normalized spacial score (nSPS) is 10.9. The van der Waals surface area contributed by atoms with Crippen LogP contribution in [-0.4, -0.2) is 24.7 Å². The van der Waals surface area contributed by atoms with Crippen LogP contribution in [0.5, 0.6) is 0 Å². The lowest BCUT2D eigenvalue weighted by atomic mass is 10.2. The van der Waals surface area contributed by atoms with Gasteiger partial charge in [-0.25, -0.2) is 0 Å². The van der Waals surface area contributed by atoms with Crippen molar-refractivity contribution in [3.63, 3.8) is 0 Å². The number of nitrogens with one attached hydrogen (secondary N) is 2. The van der Waals surface area contributed by atoms with Gasteiger partial charge in [0.2, 0.25) is 0 Å². The van der Waals surface area contributed by atoms with Crippen LogP contribution in [-0.2, 0) is 20.1 Å². The van der Waals surface area contributed by atoms with Gasteiger partial charge in [-0.15, -0.1) is 0 Å². The molecule has 0 saturated heterocycles. The summed E-state index contributed by atoms with van der Waals surface area (Å²) in [6.45, 7) is 7.12. The molecule has 28 heavy (non-hydrogen) atoms. The minimum absolute atomic E-state index is 0.537. The zero-order valence-electron chi connectivity index (χ0n) is 16.2. The molecule has 3 aromatic rings. The van der Waals surface area contributed by atoms with E-state index in [1.165, 1.54) is 0 Å². The summed E-state index contributed by atoms with van der Waals surface area (Å²) in [5.74, 6) is 0. The molecule has 0 aliphatic heterocycles. The Bertz CT molecular complexity index is 1020. The third-order valence-electron chi connectivity index (χ3n) is 4.47. The summed E-state index contributed by atoms with van der Waals surface area (Å²) in [6.07, 6.45) is 0. The van der Waals surface area contributed by atoms with E-state index in [1.807, 2.05) is 55.4 Å². The summed E-state index contributed by atoms with van der Waals surface area (Å²) in [4.78, 5) is 0. The molecule has 2 aromatic heterocycles. The highest BCUT2D eigenvalue weighted by molar-refractivity contribution is 7.80. The van der Waals surface area contributed by atoms with Gasteiger partial charge in [-0.2, -0.15) is 10.2 Å². The fraction of sp³-hybridized carbons (Fsp3) is 0.316. The average molecular weight is 437 g/mol. The fourth-order valence-electron chi connectivity index (χ4n) is 3.00. The number of hydrogen-bond acceptors (Lipinski definition) is 3. The zero-order chi connectivity index (χ0) is 20.4. The van der Waals surface area contributed by atoms with Crippen molar-refractivity contribution in [2.75, 3.05) is 5.32 Å². The first-order valence-electron chi connectivity index (χ1n) is 8.77. The topological polar surface area (TPSA) is 59.7 Å². The van der Waals surface area contributed by atoms with Crippen LogP contribution in [0.3, 0.4) is 0 Å². The van der Waals surface area contributed by atoms with Crippen molar-refractivity contribution in [1.82, 2.24) is 24.9 Å². The van der Waals surface area contributed by atoms with Gasteiger partial charge in [-0.05, 0) is 56.8 Å². The van der Waals surface area contributed by atoms with E-state index in [4.69, 9.17) is 35.4 Å². The van der Waals surface area contributed by atoms with Gasteiger partial charge in [0.1, 0.15) is 0 Å². The maximum absolute atomic E-state index is 6.12. The SMILES string of the molecule is Cc1cc(CNC(=S)Nc2c(C)nn(Cc3ccc(Cl)c(Cl)c3)c2C)n(C)n1. The number of aryl methyl sites for hydroxylation is 3. The molecule has 0 radical (unpaired) electrons. The van der Waals surface area contributed by atoms with Crippen LogP contribution in [0.15, 0.2) is 24.3 Å². The molecule has 2 N–H and O–H groups in total. The first-order chi connectivity index (χ1) is 13.2. The second-order valence-electron chi connectivity index (χ2n) is 6.66. The second kappa shape index (κ2) is 8.51. The number of benzene rings is 1. The molecule has 0 saturated carbocycles.